The summed E-state index contributed by atoms with van der Waals surface area (Å²) in [5, 5.41) is 3.60. The average Bonchev–Trinajstić information content (AvgIpc) is 2.46. The Bertz CT molecular complexity index is 561. The highest BCUT2D eigenvalue weighted by atomic mass is 79.9. The van der Waals surface area contributed by atoms with Gasteiger partial charge in [-0.3, -0.25) is 0 Å². The molecule has 0 radical (unpaired) electrons. The lowest BCUT2D eigenvalue weighted by atomic mass is 9.96. The minimum atomic E-state index is 0.194. The molecule has 1 aromatic carbocycles. The van der Waals surface area contributed by atoms with Crippen LogP contribution in [0.4, 0.5) is 5.82 Å². The van der Waals surface area contributed by atoms with Crippen molar-refractivity contribution in [1.29, 1.82) is 0 Å². The molecular weight excluding hydrogens is 326 g/mol. The van der Waals surface area contributed by atoms with Crippen LogP contribution in [0.1, 0.15) is 36.1 Å². The van der Waals surface area contributed by atoms with Crippen molar-refractivity contribution in [2.45, 2.75) is 32.7 Å². The highest BCUT2D eigenvalue weighted by Crippen LogP contribution is 2.26. The number of nitrogens with zero attached hydrogens (tertiary/aromatic N) is 1. The molecule has 0 spiro atoms. The quantitative estimate of drug-likeness (QED) is 0.829. The molecule has 1 unspecified atom stereocenters. The van der Waals surface area contributed by atoms with Gasteiger partial charge in [-0.15, -0.1) is 0 Å². The third kappa shape index (κ3) is 4.29. The lowest BCUT2D eigenvalue weighted by molar-refractivity contribution is 0.527. The fourth-order valence-electron chi connectivity index (χ4n) is 2.50. The molecule has 1 heterocycles. The summed E-state index contributed by atoms with van der Waals surface area (Å²) in [7, 11) is 0. The molecule has 21 heavy (non-hydrogen) atoms. The van der Waals surface area contributed by atoms with Crippen molar-refractivity contribution in [2.24, 2.45) is 0 Å². The lowest BCUT2D eigenvalue weighted by Gasteiger charge is -2.22. The Kier molecular flexibility index (Phi) is 5.76. The molecule has 0 aliphatic carbocycles. The highest BCUT2D eigenvalue weighted by molar-refractivity contribution is 9.10. The standard InChI is InChI=1S/C17H22BrN3/c1-3-9-20-15(11-13-4-6-14(18)7-5-13)16-12(2)8-10-21-17(16)19/h4-8,10,15,20H,3,9,11H2,1-2H3,(H2,19,21). The Morgan fingerprint density at radius 3 is 2.57 bits per heavy atom. The normalized spacial score (nSPS) is 12.3. The van der Waals surface area contributed by atoms with Gasteiger partial charge in [-0.1, -0.05) is 35.0 Å². The molecule has 2 rings (SSSR count). The van der Waals surface area contributed by atoms with Crippen LogP contribution in [0.15, 0.2) is 41.0 Å². The molecular formula is C17H22BrN3. The van der Waals surface area contributed by atoms with Crippen LogP contribution >= 0.6 is 15.9 Å². The number of halogens is 1. The lowest BCUT2D eigenvalue weighted by Crippen LogP contribution is -2.26. The molecule has 0 amide bonds. The number of anilines is 1. The number of benzene rings is 1. The fourth-order valence-corrected chi connectivity index (χ4v) is 2.76. The first-order valence-electron chi connectivity index (χ1n) is 7.30. The summed E-state index contributed by atoms with van der Waals surface area (Å²) >= 11 is 3.48. The van der Waals surface area contributed by atoms with Crippen molar-refractivity contribution in [3.8, 4) is 0 Å². The number of nitrogens with two attached hydrogens (primary N) is 1. The van der Waals surface area contributed by atoms with Gasteiger partial charge in [0, 0.05) is 22.3 Å². The predicted octanol–water partition coefficient (Wildman–Crippen LogP) is 4.02. The van der Waals surface area contributed by atoms with Crippen LogP contribution in [-0.4, -0.2) is 11.5 Å². The maximum absolute atomic E-state index is 6.11. The minimum Gasteiger partial charge on any atom is -0.383 e. The largest absolute Gasteiger partial charge is 0.383 e. The Balaban J connectivity index is 2.27. The van der Waals surface area contributed by atoms with Gasteiger partial charge in [-0.2, -0.15) is 0 Å². The van der Waals surface area contributed by atoms with E-state index in [9.17, 15) is 0 Å². The van der Waals surface area contributed by atoms with Crippen molar-refractivity contribution >= 4 is 21.7 Å². The van der Waals surface area contributed by atoms with Crippen LogP contribution in [-0.2, 0) is 6.42 Å². The van der Waals surface area contributed by atoms with Crippen molar-refractivity contribution in [3.63, 3.8) is 0 Å². The second-order valence-corrected chi connectivity index (χ2v) is 6.18. The molecule has 0 saturated carbocycles. The summed E-state index contributed by atoms with van der Waals surface area (Å²) < 4.78 is 1.10. The average molecular weight is 348 g/mol. The Morgan fingerprint density at radius 1 is 1.24 bits per heavy atom. The third-order valence-electron chi connectivity index (χ3n) is 3.58. The predicted molar refractivity (Wildman–Crippen MR) is 92.3 cm³/mol. The van der Waals surface area contributed by atoms with Gasteiger partial charge in [0.15, 0.2) is 0 Å². The molecule has 4 heteroatoms. The van der Waals surface area contributed by atoms with Crippen LogP contribution in [0.5, 0.6) is 0 Å². The van der Waals surface area contributed by atoms with Crippen molar-refractivity contribution < 1.29 is 0 Å². The van der Waals surface area contributed by atoms with Gasteiger partial charge < -0.3 is 11.1 Å². The molecule has 3 N–H and O–H groups in total. The van der Waals surface area contributed by atoms with E-state index in [1.807, 2.05) is 6.07 Å². The monoisotopic (exact) mass is 347 g/mol. The smallest absolute Gasteiger partial charge is 0.128 e. The number of hydrogen-bond donors (Lipinski definition) is 2. The van der Waals surface area contributed by atoms with E-state index in [4.69, 9.17) is 5.73 Å². The van der Waals surface area contributed by atoms with E-state index in [1.54, 1.807) is 6.20 Å². The topological polar surface area (TPSA) is 50.9 Å². The molecule has 0 saturated heterocycles. The maximum Gasteiger partial charge on any atom is 0.128 e. The van der Waals surface area contributed by atoms with E-state index >= 15 is 0 Å². The fraction of sp³-hybridized carbons (Fsp3) is 0.353. The zero-order chi connectivity index (χ0) is 15.2. The Hall–Kier alpha value is -1.39. The third-order valence-corrected chi connectivity index (χ3v) is 4.11. The van der Waals surface area contributed by atoms with Gasteiger partial charge in [0.1, 0.15) is 5.82 Å². The summed E-state index contributed by atoms with van der Waals surface area (Å²) in [4.78, 5) is 4.25. The Morgan fingerprint density at radius 2 is 1.95 bits per heavy atom. The van der Waals surface area contributed by atoms with E-state index in [1.165, 1.54) is 11.1 Å². The molecule has 1 aromatic heterocycles. The van der Waals surface area contributed by atoms with E-state index in [0.717, 1.165) is 29.4 Å². The maximum atomic E-state index is 6.11. The van der Waals surface area contributed by atoms with E-state index in [2.05, 4.69) is 64.3 Å². The molecule has 0 aliphatic rings. The number of aromatic nitrogens is 1. The second-order valence-electron chi connectivity index (χ2n) is 5.26. The molecule has 0 fully saturated rings. The summed E-state index contributed by atoms with van der Waals surface area (Å²) in [6.45, 7) is 5.23. The van der Waals surface area contributed by atoms with E-state index in [-0.39, 0.29) is 6.04 Å². The number of rotatable bonds is 6. The first-order chi connectivity index (χ1) is 10.1. The summed E-state index contributed by atoms with van der Waals surface area (Å²) in [5.41, 5.74) is 9.71. The minimum absolute atomic E-state index is 0.194. The van der Waals surface area contributed by atoms with Gasteiger partial charge in [-0.25, -0.2) is 4.98 Å². The molecule has 1 atom stereocenters. The molecule has 3 nitrogen and oxygen atoms in total. The van der Waals surface area contributed by atoms with Crippen molar-refractivity contribution in [3.05, 3.63) is 57.7 Å². The summed E-state index contributed by atoms with van der Waals surface area (Å²) in [6.07, 6.45) is 3.77. The zero-order valence-corrected chi connectivity index (χ0v) is 14.2. The Labute approximate surface area is 135 Å². The van der Waals surface area contributed by atoms with Crippen LogP contribution in [0, 0.1) is 6.92 Å². The van der Waals surface area contributed by atoms with Gasteiger partial charge in [0.25, 0.3) is 0 Å². The van der Waals surface area contributed by atoms with Crippen LogP contribution in [0.25, 0.3) is 0 Å². The summed E-state index contributed by atoms with van der Waals surface area (Å²) in [6, 6.07) is 10.7. The van der Waals surface area contributed by atoms with Gasteiger partial charge in [-0.05, 0) is 55.6 Å². The van der Waals surface area contributed by atoms with E-state index in [0.29, 0.717) is 5.82 Å². The van der Waals surface area contributed by atoms with Crippen molar-refractivity contribution in [1.82, 2.24) is 10.3 Å². The first kappa shape index (κ1) is 16.0. The van der Waals surface area contributed by atoms with E-state index < -0.39 is 0 Å². The number of hydrogen-bond acceptors (Lipinski definition) is 3. The molecule has 112 valence electrons. The zero-order valence-electron chi connectivity index (χ0n) is 12.6. The second kappa shape index (κ2) is 7.57. The van der Waals surface area contributed by atoms with Gasteiger partial charge in [0.05, 0.1) is 0 Å². The van der Waals surface area contributed by atoms with Crippen LogP contribution in [0.3, 0.4) is 0 Å². The molecule has 0 bridgehead atoms. The summed E-state index contributed by atoms with van der Waals surface area (Å²) in [5.74, 6) is 0.626. The number of nitrogen functional groups attached to an aromatic ring is 1. The number of pyridine rings is 1. The molecule has 2 aromatic rings. The van der Waals surface area contributed by atoms with Crippen molar-refractivity contribution in [2.75, 3.05) is 12.3 Å². The van der Waals surface area contributed by atoms with Crippen LogP contribution < -0.4 is 11.1 Å². The highest BCUT2D eigenvalue weighted by Gasteiger charge is 2.17. The number of nitrogens with one attached hydrogen (secondary N) is 1. The SMILES string of the molecule is CCCNC(Cc1ccc(Br)cc1)c1c(C)ccnc1N. The van der Waals surface area contributed by atoms with Gasteiger partial charge >= 0.3 is 0 Å². The van der Waals surface area contributed by atoms with Gasteiger partial charge in [0.2, 0.25) is 0 Å². The molecule has 0 aliphatic heterocycles. The first-order valence-corrected chi connectivity index (χ1v) is 8.10. The number of aryl methyl sites for hydroxylation is 1. The van der Waals surface area contributed by atoms with Crippen LogP contribution in [0.2, 0.25) is 0 Å².